The van der Waals surface area contributed by atoms with Crippen molar-refractivity contribution in [2.75, 3.05) is 19.5 Å². The van der Waals surface area contributed by atoms with E-state index in [4.69, 9.17) is 9.47 Å². The van der Waals surface area contributed by atoms with Gasteiger partial charge in [0.2, 0.25) is 5.91 Å². The highest BCUT2D eigenvalue weighted by atomic mass is 32.2. The van der Waals surface area contributed by atoms with Crippen molar-refractivity contribution < 1.29 is 29.0 Å². The molecule has 3 heterocycles. The summed E-state index contributed by atoms with van der Waals surface area (Å²) < 4.78 is 10.5. The number of thioether (sulfide) groups is 1. The first-order valence-electron chi connectivity index (χ1n) is 9.91. The maximum absolute atomic E-state index is 12.8. The number of β-lactam (4-membered cyclic amide) rings is 1. The molecule has 0 spiro atoms. The number of nitrogens with zero attached hydrogens (tertiary/aromatic N) is 1. The Morgan fingerprint density at radius 2 is 2.03 bits per heavy atom. The summed E-state index contributed by atoms with van der Waals surface area (Å²) in [6.07, 6.45) is 0.202. The van der Waals surface area contributed by atoms with Crippen LogP contribution in [0.25, 0.3) is 0 Å². The van der Waals surface area contributed by atoms with Crippen molar-refractivity contribution in [3.63, 3.8) is 0 Å². The van der Waals surface area contributed by atoms with Crippen LogP contribution in [0.4, 0.5) is 0 Å². The van der Waals surface area contributed by atoms with E-state index < -0.39 is 17.4 Å². The fourth-order valence-electron chi connectivity index (χ4n) is 3.53. The van der Waals surface area contributed by atoms with Crippen LogP contribution in [0.3, 0.4) is 0 Å². The second kappa shape index (κ2) is 9.76. The summed E-state index contributed by atoms with van der Waals surface area (Å²) in [5, 5.41) is 14.0. The number of benzene rings is 1. The Morgan fingerprint density at radius 1 is 1.25 bits per heavy atom. The molecule has 10 heteroatoms. The molecule has 0 unspecified atom stereocenters. The van der Waals surface area contributed by atoms with Crippen LogP contribution in [0, 0.1) is 0 Å². The van der Waals surface area contributed by atoms with Gasteiger partial charge in [-0.05, 0) is 34.7 Å². The van der Waals surface area contributed by atoms with Gasteiger partial charge in [-0.3, -0.25) is 14.5 Å². The van der Waals surface area contributed by atoms with E-state index in [2.05, 4.69) is 5.32 Å². The average molecular weight is 475 g/mol. The van der Waals surface area contributed by atoms with Gasteiger partial charge in [0, 0.05) is 10.6 Å². The Balaban J connectivity index is 1.41. The maximum Gasteiger partial charge on any atom is 0.355 e. The number of carbonyl (C=O) groups is 3. The molecule has 2 aromatic rings. The fraction of sp³-hybridized carbons (Fsp3) is 0.318. The van der Waals surface area contributed by atoms with Crippen LogP contribution in [0.1, 0.15) is 10.4 Å². The third kappa shape index (κ3) is 4.52. The molecule has 0 radical (unpaired) electrons. The summed E-state index contributed by atoms with van der Waals surface area (Å²) in [6.45, 7) is -0.336. The Bertz CT molecular complexity index is 1040. The third-order valence-electron chi connectivity index (χ3n) is 5.19. The Kier molecular flexibility index (Phi) is 6.83. The second-order valence-corrected chi connectivity index (χ2v) is 9.38. The number of hydrogen-bond donors (Lipinski definition) is 2. The van der Waals surface area contributed by atoms with Crippen LogP contribution in [0.15, 0.2) is 53.0 Å². The molecule has 2 aliphatic rings. The molecule has 2 atom stereocenters. The van der Waals surface area contributed by atoms with E-state index >= 15 is 0 Å². The van der Waals surface area contributed by atoms with E-state index in [-0.39, 0.29) is 37.1 Å². The summed E-state index contributed by atoms with van der Waals surface area (Å²) in [6, 6.07) is 10.1. The first-order valence-corrected chi connectivity index (χ1v) is 11.8. The number of rotatable bonds is 8. The van der Waals surface area contributed by atoms with Crippen molar-refractivity contribution in [3.8, 4) is 5.75 Å². The van der Waals surface area contributed by atoms with Gasteiger partial charge < -0.3 is 19.9 Å². The lowest BCUT2D eigenvalue weighted by molar-refractivity contribution is -0.153. The zero-order chi connectivity index (χ0) is 22.7. The van der Waals surface area contributed by atoms with Crippen LogP contribution in [0.2, 0.25) is 0 Å². The molecule has 4 rings (SSSR count). The zero-order valence-corrected chi connectivity index (χ0v) is 18.9. The predicted molar refractivity (Wildman–Crippen MR) is 120 cm³/mol. The van der Waals surface area contributed by atoms with Gasteiger partial charge >= 0.3 is 5.97 Å². The topological polar surface area (TPSA) is 105 Å². The summed E-state index contributed by atoms with van der Waals surface area (Å²) in [7, 11) is 1.57. The number of amides is 2. The van der Waals surface area contributed by atoms with Crippen molar-refractivity contribution in [1.82, 2.24) is 10.2 Å². The fourth-order valence-corrected chi connectivity index (χ4v) is 5.57. The number of carbonyl (C=O) groups excluding carboxylic acids is 3. The highest BCUT2D eigenvalue weighted by Gasteiger charge is 2.54. The largest absolute Gasteiger partial charge is 0.497 e. The molecule has 0 aliphatic carbocycles. The average Bonchev–Trinajstić information content (AvgIpc) is 3.33. The maximum atomic E-state index is 12.8. The molecule has 1 fully saturated rings. The smallest absolute Gasteiger partial charge is 0.355 e. The van der Waals surface area contributed by atoms with Crippen molar-refractivity contribution in [2.24, 2.45) is 0 Å². The van der Waals surface area contributed by atoms with E-state index in [1.165, 1.54) is 28.0 Å². The predicted octanol–water partition coefficient (Wildman–Crippen LogP) is 1.69. The van der Waals surface area contributed by atoms with Crippen LogP contribution in [0.5, 0.6) is 5.75 Å². The first-order chi connectivity index (χ1) is 15.5. The third-order valence-corrected chi connectivity index (χ3v) is 7.41. The van der Waals surface area contributed by atoms with Crippen LogP contribution in [-0.2, 0) is 32.1 Å². The highest BCUT2D eigenvalue weighted by molar-refractivity contribution is 8.00. The van der Waals surface area contributed by atoms with E-state index in [1.54, 1.807) is 31.4 Å². The van der Waals surface area contributed by atoms with Crippen molar-refractivity contribution in [2.45, 2.75) is 24.4 Å². The summed E-state index contributed by atoms with van der Waals surface area (Å²) >= 11 is 2.88. The molecule has 8 nitrogen and oxygen atoms in total. The van der Waals surface area contributed by atoms with Gasteiger partial charge in [-0.15, -0.1) is 23.1 Å². The number of nitrogens with one attached hydrogen (secondary N) is 1. The molecule has 2 amide bonds. The molecule has 32 heavy (non-hydrogen) atoms. The highest BCUT2D eigenvalue weighted by Crippen LogP contribution is 2.40. The summed E-state index contributed by atoms with van der Waals surface area (Å²) in [4.78, 5) is 40.2. The van der Waals surface area contributed by atoms with Crippen LogP contribution >= 0.6 is 23.1 Å². The molecule has 1 aromatic heterocycles. The number of aliphatic hydroxyl groups excluding tert-OH is 1. The molecular weight excluding hydrogens is 452 g/mol. The second-order valence-electron chi connectivity index (χ2n) is 7.25. The minimum Gasteiger partial charge on any atom is -0.497 e. The van der Waals surface area contributed by atoms with Gasteiger partial charge in [0.15, 0.2) is 0 Å². The Hall–Kier alpha value is -2.82. The summed E-state index contributed by atoms with van der Waals surface area (Å²) in [5.41, 5.74) is 1.27. The molecule has 1 saturated heterocycles. The van der Waals surface area contributed by atoms with Crippen molar-refractivity contribution in [3.05, 3.63) is 63.5 Å². The van der Waals surface area contributed by atoms with Gasteiger partial charge in [-0.1, -0.05) is 18.2 Å². The molecule has 2 N–H and O–H groups in total. The van der Waals surface area contributed by atoms with E-state index in [1.807, 2.05) is 17.5 Å². The van der Waals surface area contributed by atoms with Crippen LogP contribution < -0.4 is 10.1 Å². The Morgan fingerprint density at radius 3 is 2.69 bits per heavy atom. The number of fused-ring (bicyclic) bond motifs is 1. The SMILES string of the molecule is COc1ccc(COC(=O)C2=C(CO)CS[C@@H]3[C@@H](NC(=O)Cc4cccs4)C(=O)N23)cc1. The van der Waals surface area contributed by atoms with Gasteiger partial charge in [-0.2, -0.15) is 0 Å². The molecule has 1 aromatic carbocycles. The van der Waals surface area contributed by atoms with Gasteiger partial charge in [0.05, 0.1) is 20.1 Å². The molecular formula is C22H22N2O6S2. The lowest BCUT2D eigenvalue weighted by Gasteiger charge is -2.49. The minimum absolute atomic E-state index is 0.0197. The first kappa shape index (κ1) is 22.4. The summed E-state index contributed by atoms with van der Waals surface area (Å²) in [5.74, 6) is -0.242. The van der Waals surface area contributed by atoms with Crippen LogP contribution in [-0.4, -0.2) is 58.7 Å². The van der Waals surface area contributed by atoms with E-state index in [0.29, 0.717) is 17.1 Å². The standard InChI is InChI=1S/C22H22N2O6S2/c1-29-15-6-4-13(5-7-15)11-30-22(28)19-14(10-25)12-32-21-18(20(27)24(19)21)23-17(26)9-16-3-2-8-31-16/h2-8,18,21,25H,9-12H2,1H3,(H,23,26)/t18-,21+/m0/s1. The number of ether oxygens (including phenoxy) is 2. The van der Waals surface area contributed by atoms with E-state index in [9.17, 15) is 19.5 Å². The molecule has 2 aliphatic heterocycles. The molecule has 0 bridgehead atoms. The zero-order valence-electron chi connectivity index (χ0n) is 17.3. The van der Waals surface area contributed by atoms with Crippen molar-refractivity contribution in [1.29, 1.82) is 0 Å². The number of thiophene rings is 1. The van der Waals surface area contributed by atoms with Crippen molar-refractivity contribution >= 4 is 40.9 Å². The monoisotopic (exact) mass is 474 g/mol. The van der Waals surface area contributed by atoms with Gasteiger partial charge in [-0.25, -0.2) is 4.79 Å². The Labute approximate surface area is 193 Å². The minimum atomic E-state index is -0.711. The van der Waals surface area contributed by atoms with Gasteiger partial charge in [0.1, 0.15) is 29.5 Å². The number of methoxy groups -OCH3 is 1. The number of esters is 1. The lowest BCUT2D eigenvalue weighted by Crippen LogP contribution is -2.70. The van der Waals surface area contributed by atoms with Gasteiger partial charge in [0.25, 0.3) is 5.91 Å². The quantitative estimate of drug-likeness (QED) is 0.443. The number of hydrogen-bond acceptors (Lipinski definition) is 8. The molecule has 0 saturated carbocycles. The number of aliphatic hydroxyl groups is 1. The molecule has 168 valence electrons. The lowest BCUT2D eigenvalue weighted by atomic mass is 10.0. The van der Waals surface area contributed by atoms with E-state index in [0.717, 1.165) is 10.4 Å². The normalized spacial score (nSPS) is 19.8.